The molecule has 1 atom stereocenters. The molecule has 0 saturated heterocycles. The van der Waals surface area contributed by atoms with Crippen LogP contribution in [0, 0.1) is 6.92 Å². The zero-order valence-electron chi connectivity index (χ0n) is 12.2. The summed E-state index contributed by atoms with van der Waals surface area (Å²) in [6.45, 7) is 4.63. The zero-order chi connectivity index (χ0) is 14.8. The van der Waals surface area contributed by atoms with E-state index in [9.17, 15) is 0 Å². The van der Waals surface area contributed by atoms with Gasteiger partial charge in [-0.25, -0.2) is 4.98 Å². The molecule has 0 aliphatic carbocycles. The van der Waals surface area contributed by atoms with Crippen molar-refractivity contribution >= 4 is 0 Å². The third-order valence-corrected chi connectivity index (χ3v) is 3.57. The van der Waals surface area contributed by atoms with Crippen LogP contribution < -0.4 is 0 Å². The number of hydrogen-bond acceptors (Lipinski definition) is 6. The molecule has 0 aromatic carbocycles. The lowest BCUT2D eigenvalue weighted by Gasteiger charge is -2.21. The van der Waals surface area contributed by atoms with Crippen LogP contribution in [0.2, 0.25) is 0 Å². The van der Waals surface area contributed by atoms with E-state index >= 15 is 0 Å². The van der Waals surface area contributed by atoms with Crippen LogP contribution in [-0.4, -0.2) is 22.1 Å². The fraction of sp³-hybridized carbons (Fsp3) is 0.333. The van der Waals surface area contributed by atoms with Crippen LogP contribution in [0.5, 0.6) is 0 Å². The maximum absolute atomic E-state index is 5.66. The molecular formula is C15H17N3O3. The van der Waals surface area contributed by atoms with Crippen molar-refractivity contribution in [3.05, 3.63) is 47.9 Å². The molecule has 110 valence electrons. The highest BCUT2D eigenvalue weighted by Gasteiger charge is 2.19. The van der Waals surface area contributed by atoms with Gasteiger partial charge in [0.25, 0.3) is 5.89 Å². The molecule has 3 heterocycles. The topological polar surface area (TPSA) is 68.4 Å². The van der Waals surface area contributed by atoms with Crippen LogP contribution in [0.4, 0.5) is 0 Å². The first-order chi connectivity index (χ1) is 10.1. The minimum absolute atomic E-state index is 0.131. The van der Waals surface area contributed by atoms with Crippen molar-refractivity contribution in [2.24, 2.45) is 0 Å². The molecule has 21 heavy (non-hydrogen) atoms. The van der Waals surface area contributed by atoms with Crippen LogP contribution in [0.15, 0.2) is 44.1 Å². The standard InChI is InChI=1S/C15H17N3O3/c1-10(12-6-8-20-17-12)18(3)9-13-11(2)21-15(16-13)14-5-4-7-19-14/h4-8,10H,9H2,1-3H3. The monoisotopic (exact) mass is 287 g/mol. The molecule has 6 heteroatoms. The molecule has 0 saturated carbocycles. The van der Waals surface area contributed by atoms with Crippen molar-refractivity contribution in [2.75, 3.05) is 7.05 Å². The van der Waals surface area contributed by atoms with Gasteiger partial charge < -0.3 is 13.4 Å². The molecule has 0 amide bonds. The minimum Gasteiger partial charge on any atom is -0.459 e. The highest BCUT2D eigenvalue weighted by molar-refractivity contribution is 5.44. The summed E-state index contributed by atoms with van der Waals surface area (Å²) in [4.78, 5) is 6.64. The Morgan fingerprint density at radius 2 is 2.14 bits per heavy atom. The summed E-state index contributed by atoms with van der Waals surface area (Å²) >= 11 is 0. The first-order valence-corrected chi connectivity index (χ1v) is 6.76. The van der Waals surface area contributed by atoms with Gasteiger partial charge in [0, 0.05) is 12.6 Å². The average molecular weight is 287 g/mol. The van der Waals surface area contributed by atoms with Crippen LogP contribution in [0.1, 0.15) is 30.1 Å². The lowest BCUT2D eigenvalue weighted by Crippen LogP contribution is -2.22. The third kappa shape index (κ3) is 2.75. The van der Waals surface area contributed by atoms with E-state index in [1.165, 1.54) is 0 Å². The van der Waals surface area contributed by atoms with Gasteiger partial charge in [0.15, 0.2) is 5.76 Å². The van der Waals surface area contributed by atoms with E-state index in [1.807, 2.05) is 32.2 Å². The second-order valence-corrected chi connectivity index (χ2v) is 5.01. The molecule has 3 aromatic heterocycles. The highest BCUT2D eigenvalue weighted by Crippen LogP contribution is 2.25. The summed E-state index contributed by atoms with van der Waals surface area (Å²) in [5.41, 5.74) is 1.78. The lowest BCUT2D eigenvalue weighted by molar-refractivity contribution is 0.237. The van der Waals surface area contributed by atoms with Gasteiger partial charge in [-0.2, -0.15) is 0 Å². The Morgan fingerprint density at radius 1 is 1.29 bits per heavy atom. The van der Waals surface area contributed by atoms with E-state index in [2.05, 4.69) is 22.0 Å². The Hall–Kier alpha value is -2.34. The van der Waals surface area contributed by atoms with E-state index in [0.29, 0.717) is 18.2 Å². The summed E-state index contributed by atoms with van der Waals surface area (Å²) in [5.74, 6) is 1.94. The summed E-state index contributed by atoms with van der Waals surface area (Å²) in [6, 6.07) is 5.64. The molecule has 0 spiro atoms. The van der Waals surface area contributed by atoms with E-state index in [0.717, 1.165) is 17.1 Å². The fourth-order valence-corrected chi connectivity index (χ4v) is 2.12. The quantitative estimate of drug-likeness (QED) is 0.716. The van der Waals surface area contributed by atoms with Crippen molar-refractivity contribution in [3.8, 4) is 11.7 Å². The van der Waals surface area contributed by atoms with Gasteiger partial charge in [0.1, 0.15) is 17.7 Å². The van der Waals surface area contributed by atoms with Crippen LogP contribution in [0.3, 0.4) is 0 Å². The van der Waals surface area contributed by atoms with Crippen molar-refractivity contribution in [3.63, 3.8) is 0 Å². The summed E-state index contributed by atoms with van der Waals surface area (Å²) in [7, 11) is 2.01. The molecule has 0 fully saturated rings. The van der Waals surface area contributed by atoms with Crippen LogP contribution in [0.25, 0.3) is 11.7 Å². The third-order valence-electron chi connectivity index (χ3n) is 3.57. The Morgan fingerprint density at radius 3 is 2.81 bits per heavy atom. The molecule has 3 rings (SSSR count). The Kier molecular flexibility index (Phi) is 3.62. The largest absolute Gasteiger partial charge is 0.459 e. The molecule has 3 aromatic rings. The van der Waals surface area contributed by atoms with Gasteiger partial charge in [-0.05, 0) is 33.0 Å². The maximum Gasteiger partial charge on any atom is 0.263 e. The minimum atomic E-state index is 0.131. The van der Waals surface area contributed by atoms with Crippen LogP contribution >= 0.6 is 0 Å². The molecule has 6 nitrogen and oxygen atoms in total. The first-order valence-electron chi connectivity index (χ1n) is 6.76. The number of aryl methyl sites for hydroxylation is 1. The highest BCUT2D eigenvalue weighted by atomic mass is 16.5. The molecular weight excluding hydrogens is 270 g/mol. The van der Waals surface area contributed by atoms with E-state index in [-0.39, 0.29) is 6.04 Å². The number of aromatic nitrogens is 2. The second kappa shape index (κ2) is 5.57. The number of rotatable bonds is 5. The molecule has 1 unspecified atom stereocenters. The first kappa shape index (κ1) is 13.6. The van der Waals surface area contributed by atoms with Crippen molar-refractivity contribution < 1.29 is 13.4 Å². The molecule has 0 radical (unpaired) electrons. The van der Waals surface area contributed by atoms with E-state index in [4.69, 9.17) is 13.4 Å². The number of hydrogen-bond donors (Lipinski definition) is 0. The Labute approximate surface area is 122 Å². The van der Waals surface area contributed by atoms with Crippen molar-refractivity contribution in [2.45, 2.75) is 26.4 Å². The predicted octanol–water partition coefficient (Wildman–Crippen LogP) is 3.42. The number of nitrogens with zero attached hydrogens (tertiary/aromatic N) is 3. The molecule has 0 aliphatic rings. The molecule has 0 bridgehead atoms. The Balaban J connectivity index is 1.76. The van der Waals surface area contributed by atoms with Crippen LogP contribution in [-0.2, 0) is 6.54 Å². The summed E-state index contributed by atoms with van der Waals surface area (Å²) < 4.78 is 15.9. The van der Waals surface area contributed by atoms with Gasteiger partial charge in [-0.15, -0.1) is 0 Å². The zero-order valence-corrected chi connectivity index (χ0v) is 12.2. The fourth-order valence-electron chi connectivity index (χ4n) is 2.12. The van der Waals surface area contributed by atoms with E-state index < -0.39 is 0 Å². The Bertz CT molecular complexity index is 686. The average Bonchev–Trinajstić information content (AvgIpc) is 3.20. The van der Waals surface area contributed by atoms with Gasteiger partial charge in [-0.3, -0.25) is 4.90 Å². The number of furan rings is 1. The van der Waals surface area contributed by atoms with Gasteiger partial charge in [0.05, 0.1) is 18.0 Å². The normalized spacial score (nSPS) is 13.0. The second-order valence-electron chi connectivity index (χ2n) is 5.01. The maximum atomic E-state index is 5.66. The van der Waals surface area contributed by atoms with Crippen molar-refractivity contribution in [1.29, 1.82) is 0 Å². The van der Waals surface area contributed by atoms with Gasteiger partial charge >= 0.3 is 0 Å². The van der Waals surface area contributed by atoms with E-state index in [1.54, 1.807) is 12.5 Å². The lowest BCUT2D eigenvalue weighted by atomic mass is 10.2. The molecule has 0 N–H and O–H groups in total. The summed E-state index contributed by atoms with van der Waals surface area (Å²) in [6.07, 6.45) is 3.18. The summed E-state index contributed by atoms with van der Waals surface area (Å²) in [5, 5.41) is 3.97. The SMILES string of the molecule is Cc1oc(-c2ccco2)nc1CN(C)C(C)c1ccon1. The number of oxazole rings is 1. The van der Waals surface area contributed by atoms with Crippen molar-refractivity contribution in [1.82, 2.24) is 15.0 Å². The predicted molar refractivity (Wildman–Crippen MR) is 75.3 cm³/mol. The van der Waals surface area contributed by atoms with Gasteiger partial charge in [-0.1, -0.05) is 5.16 Å². The van der Waals surface area contributed by atoms with Gasteiger partial charge in [0.2, 0.25) is 0 Å². The smallest absolute Gasteiger partial charge is 0.263 e. The molecule has 0 aliphatic heterocycles.